The van der Waals surface area contributed by atoms with Gasteiger partial charge in [-0.25, -0.2) is 9.59 Å². The predicted molar refractivity (Wildman–Crippen MR) is 64.3 cm³/mol. The third-order valence-electron chi connectivity index (χ3n) is 1.83. The molecule has 0 aromatic heterocycles. The summed E-state index contributed by atoms with van der Waals surface area (Å²) in [4.78, 5) is 20.2. The lowest BCUT2D eigenvalue weighted by Crippen LogP contribution is -2.14. The van der Waals surface area contributed by atoms with Crippen LogP contribution in [0.5, 0.6) is 0 Å². The molecule has 0 fully saturated rings. The van der Waals surface area contributed by atoms with Crippen LogP contribution in [0.2, 0.25) is 0 Å². The average molecular weight is 308 g/mol. The van der Waals surface area contributed by atoms with Gasteiger partial charge in [-0.1, -0.05) is 6.07 Å². The normalized spacial score (nSPS) is 10.3. The molecular weight excluding hydrogens is 296 g/mol. The Kier molecular flexibility index (Phi) is 6.79. The van der Waals surface area contributed by atoms with Gasteiger partial charge in [-0.3, -0.25) is 4.55 Å². The average Bonchev–Trinajstić information content (AvgIpc) is 2.37. The van der Waals surface area contributed by atoms with Gasteiger partial charge in [-0.05, 0) is 12.1 Å². The van der Waals surface area contributed by atoms with Crippen LogP contribution in [0, 0.1) is 0 Å². The Hall–Kier alpha value is -2.01. The molecule has 0 radical (unpaired) electrons. The molecule has 0 aliphatic heterocycles. The van der Waals surface area contributed by atoms with E-state index in [2.05, 4.69) is 0 Å². The van der Waals surface area contributed by atoms with Crippen LogP contribution < -0.4 is 0 Å². The van der Waals surface area contributed by atoms with E-state index in [-0.39, 0.29) is 13.2 Å². The summed E-state index contributed by atoms with van der Waals surface area (Å²) in [6.45, 7) is -0.250. The number of carboxylic acids is 2. The maximum Gasteiger partial charge on any atom is 0.337 e. The Bertz CT molecular complexity index is 556. The molecule has 0 aliphatic rings. The molecule has 0 aliphatic carbocycles. The molecule has 0 spiro atoms. The molecule has 1 rings (SSSR count). The van der Waals surface area contributed by atoms with Crippen molar-refractivity contribution in [3.05, 3.63) is 29.3 Å². The van der Waals surface area contributed by atoms with Crippen molar-refractivity contribution in [2.24, 2.45) is 0 Å². The van der Waals surface area contributed by atoms with Gasteiger partial charge in [0, 0.05) is 0 Å². The van der Waals surface area contributed by atoms with Gasteiger partial charge in [-0.15, -0.1) is 0 Å². The number of benzene rings is 1. The van der Waals surface area contributed by atoms with Crippen LogP contribution in [0.4, 0.5) is 0 Å². The minimum Gasteiger partial charge on any atom is -0.478 e. The monoisotopic (exact) mass is 308 g/mol. The Morgan fingerprint density at radius 3 is 1.50 bits per heavy atom. The summed E-state index contributed by atoms with van der Waals surface area (Å²) in [7, 11) is -4.92. The van der Waals surface area contributed by atoms with E-state index in [1.807, 2.05) is 0 Å². The Labute approximate surface area is 113 Å². The molecule has 0 saturated carbocycles. The van der Waals surface area contributed by atoms with Crippen molar-refractivity contribution in [2.45, 2.75) is 4.90 Å². The van der Waals surface area contributed by atoms with Gasteiger partial charge in [0.25, 0.3) is 10.1 Å². The molecule has 0 unspecified atom stereocenters. The van der Waals surface area contributed by atoms with Gasteiger partial charge >= 0.3 is 11.9 Å². The smallest absolute Gasteiger partial charge is 0.337 e. The number of aromatic carboxylic acids is 2. The van der Waals surface area contributed by atoms with Crippen molar-refractivity contribution in [1.29, 1.82) is 0 Å². The number of aliphatic hydroxyl groups excluding tert-OH is 2. The SMILES string of the molecule is O=C(O)c1cccc(C(=O)O)c1S(=O)(=O)O.OCCO. The number of hydrogen-bond donors (Lipinski definition) is 5. The van der Waals surface area contributed by atoms with E-state index < -0.39 is 38.1 Å². The fourth-order valence-corrected chi connectivity index (χ4v) is 2.02. The summed E-state index contributed by atoms with van der Waals surface area (Å²) >= 11 is 0. The standard InChI is InChI=1S/C8H6O7S.C2H6O2/c9-7(10)4-2-1-3-5(8(11)12)6(4)16(13,14)15;3-1-2-4/h1-3H,(H,9,10)(H,11,12)(H,13,14,15);3-4H,1-2H2. The lowest BCUT2D eigenvalue weighted by molar-refractivity contribution is 0.0688. The largest absolute Gasteiger partial charge is 0.478 e. The minimum atomic E-state index is -4.92. The maximum absolute atomic E-state index is 10.9. The van der Waals surface area contributed by atoms with Gasteiger partial charge in [0.15, 0.2) is 0 Å². The second kappa shape index (κ2) is 7.55. The molecule has 10 heteroatoms. The number of aliphatic hydroxyl groups is 2. The van der Waals surface area contributed by atoms with E-state index in [1.54, 1.807) is 0 Å². The predicted octanol–water partition coefficient (Wildman–Crippen LogP) is -0.699. The second-order valence-corrected chi connectivity index (χ2v) is 4.57. The zero-order valence-corrected chi connectivity index (χ0v) is 10.7. The van der Waals surface area contributed by atoms with Crippen molar-refractivity contribution in [1.82, 2.24) is 0 Å². The molecule has 1 aromatic carbocycles. The summed E-state index contributed by atoms with van der Waals surface area (Å²) in [6.07, 6.45) is 0. The van der Waals surface area contributed by atoms with E-state index in [0.29, 0.717) is 0 Å². The third-order valence-corrected chi connectivity index (χ3v) is 2.79. The van der Waals surface area contributed by atoms with Gasteiger partial charge in [0.1, 0.15) is 4.90 Å². The lowest BCUT2D eigenvalue weighted by atomic mass is 10.1. The van der Waals surface area contributed by atoms with Crippen LogP contribution in [-0.2, 0) is 10.1 Å². The Morgan fingerprint density at radius 1 is 0.950 bits per heavy atom. The zero-order valence-electron chi connectivity index (χ0n) is 9.92. The highest BCUT2D eigenvalue weighted by Gasteiger charge is 2.26. The van der Waals surface area contributed by atoms with Gasteiger partial charge in [-0.2, -0.15) is 8.42 Å². The zero-order chi connectivity index (χ0) is 15.9. The minimum absolute atomic E-state index is 0.125. The fourth-order valence-electron chi connectivity index (χ4n) is 1.15. The van der Waals surface area contributed by atoms with E-state index >= 15 is 0 Å². The van der Waals surface area contributed by atoms with Crippen LogP contribution in [-0.4, -0.2) is 58.5 Å². The number of carboxylic acid groups (broad SMARTS) is 2. The molecule has 9 nitrogen and oxygen atoms in total. The molecule has 0 amide bonds. The van der Waals surface area contributed by atoms with E-state index in [0.717, 1.165) is 18.2 Å². The summed E-state index contributed by atoms with van der Waals surface area (Å²) < 4.78 is 30.6. The van der Waals surface area contributed by atoms with Crippen molar-refractivity contribution in [2.75, 3.05) is 13.2 Å². The second-order valence-electron chi connectivity index (χ2n) is 3.21. The Morgan fingerprint density at radius 2 is 1.30 bits per heavy atom. The van der Waals surface area contributed by atoms with Crippen molar-refractivity contribution in [3.63, 3.8) is 0 Å². The molecule has 0 bridgehead atoms. The van der Waals surface area contributed by atoms with Gasteiger partial charge < -0.3 is 20.4 Å². The molecule has 1 aromatic rings. The van der Waals surface area contributed by atoms with E-state index in [1.165, 1.54) is 0 Å². The molecule has 112 valence electrons. The van der Waals surface area contributed by atoms with Crippen LogP contribution >= 0.6 is 0 Å². The summed E-state index contributed by atoms with van der Waals surface area (Å²) in [5, 5.41) is 32.6. The van der Waals surface area contributed by atoms with Crippen LogP contribution in [0.1, 0.15) is 20.7 Å². The number of hydrogen-bond acceptors (Lipinski definition) is 6. The Balaban J connectivity index is 0.000000796. The third kappa shape index (κ3) is 4.93. The van der Waals surface area contributed by atoms with Crippen LogP contribution in [0.15, 0.2) is 23.1 Å². The highest BCUT2D eigenvalue weighted by molar-refractivity contribution is 7.86. The first-order valence-electron chi connectivity index (χ1n) is 4.95. The van der Waals surface area contributed by atoms with Crippen LogP contribution in [0.25, 0.3) is 0 Å². The molecular formula is C10H12O9S. The topological polar surface area (TPSA) is 169 Å². The molecule has 0 atom stereocenters. The summed E-state index contributed by atoms with van der Waals surface area (Å²) in [5.41, 5.74) is -1.58. The quantitative estimate of drug-likeness (QED) is 0.451. The van der Waals surface area contributed by atoms with Crippen molar-refractivity contribution >= 4 is 22.1 Å². The first kappa shape index (κ1) is 18.0. The number of carbonyl (C=O) groups is 2. The molecule has 20 heavy (non-hydrogen) atoms. The maximum atomic E-state index is 10.9. The van der Waals surface area contributed by atoms with Crippen molar-refractivity contribution in [3.8, 4) is 0 Å². The highest BCUT2D eigenvalue weighted by Crippen LogP contribution is 2.20. The first-order valence-corrected chi connectivity index (χ1v) is 6.39. The molecule has 0 saturated heterocycles. The van der Waals surface area contributed by atoms with Gasteiger partial charge in [0.2, 0.25) is 0 Å². The molecule has 5 N–H and O–H groups in total. The van der Waals surface area contributed by atoms with Gasteiger partial charge in [0.05, 0.1) is 24.3 Å². The number of rotatable bonds is 4. The van der Waals surface area contributed by atoms with E-state index in [4.69, 9.17) is 25.0 Å². The fraction of sp³-hybridized carbons (Fsp3) is 0.200. The van der Waals surface area contributed by atoms with Crippen molar-refractivity contribution < 1.29 is 43.0 Å². The van der Waals surface area contributed by atoms with Crippen LogP contribution in [0.3, 0.4) is 0 Å². The first-order chi connectivity index (χ1) is 9.16. The molecule has 0 heterocycles. The lowest BCUT2D eigenvalue weighted by Gasteiger charge is -2.05. The summed E-state index contributed by atoms with van der Waals surface area (Å²) in [5.74, 6) is -3.29. The van der Waals surface area contributed by atoms with E-state index in [9.17, 15) is 18.0 Å². The highest BCUT2D eigenvalue weighted by atomic mass is 32.2. The summed E-state index contributed by atoms with van der Waals surface area (Å²) in [6, 6.07) is 2.84.